The molecular weight excluding hydrogens is 299 g/mol. The first-order valence-corrected chi connectivity index (χ1v) is 7.32. The molecule has 0 radical (unpaired) electrons. The molecule has 0 aliphatic heterocycles. The van der Waals surface area contributed by atoms with E-state index in [0.29, 0.717) is 17.8 Å². The summed E-state index contributed by atoms with van der Waals surface area (Å²) in [6.07, 6.45) is 7.69. The molecule has 0 bridgehead atoms. The molecule has 6 nitrogen and oxygen atoms in total. The molecule has 2 atom stereocenters. The van der Waals surface area contributed by atoms with Crippen LogP contribution in [0.1, 0.15) is 6.42 Å². The number of urea groups is 1. The van der Waals surface area contributed by atoms with Gasteiger partial charge in [0.15, 0.2) is 0 Å². The fourth-order valence-electron chi connectivity index (χ4n) is 2.56. The van der Waals surface area contributed by atoms with Crippen LogP contribution in [0.4, 0.5) is 14.9 Å². The van der Waals surface area contributed by atoms with Gasteiger partial charge >= 0.3 is 6.03 Å². The molecule has 0 saturated carbocycles. The minimum atomic E-state index is -0.447. The molecule has 1 aliphatic rings. The van der Waals surface area contributed by atoms with Crippen molar-refractivity contribution in [3.05, 3.63) is 54.6 Å². The van der Waals surface area contributed by atoms with Gasteiger partial charge in [-0.25, -0.2) is 13.9 Å². The van der Waals surface area contributed by atoms with Gasteiger partial charge in [0.25, 0.3) is 0 Å². The van der Waals surface area contributed by atoms with E-state index in [1.165, 1.54) is 12.1 Å². The summed E-state index contributed by atoms with van der Waals surface area (Å²) in [5.74, 6) is -0.383. The Morgan fingerprint density at radius 1 is 1.43 bits per heavy atom. The topological polar surface area (TPSA) is 79.2 Å². The van der Waals surface area contributed by atoms with Gasteiger partial charge in [0.1, 0.15) is 5.82 Å². The van der Waals surface area contributed by atoms with Crippen LogP contribution in [0.5, 0.6) is 0 Å². The van der Waals surface area contributed by atoms with Crippen LogP contribution in [0.15, 0.2) is 48.8 Å². The minimum Gasteiger partial charge on any atom is -0.396 e. The van der Waals surface area contributed by atoms with Crippen LogP contribution in [0.25, 0.3) is 5.69 Å². The number of aromatic nitrogens is 2. The fourth-order valence-corrected chi connectivity index (χ4v) is 2.56. The Labute approximate surface area is 132 Å². The summed E-state index contributed by atoms with van der Waals surface area (Å²) in [6.45, 7) is 0.0592. The fraction of sp³-hybridized carbons (Fsp3) is 0.250. The number of halogens is 1. The maximum Gasteiger partial charge on any atom is 0.319 e. The van der Waals surface area contributed by atoms with Gasteiger partial charge in [0, 0.05) is 31.0 Å². The molecule has 3 rings (SSSR count). The molecule has 0 spiro atoms. The number of rotatable bonds is 4. The molecule has 120 valence electrons. The van der Waals surface area contributed by atoms with E-state index in [0.717, 1.165) is 0 Å². The largest absolute Gasteiger partial charge is 0.396 e. The third kappa shape index (κ3) is 3.57. The summed E-state index contributed by atoms with van der Waals surface area (Å²) in [5.41, 5.74) is 0.897. The number of hydrogen-bond acceptors (Lipinski definition) is 3. The summed E-state index contributed by atoms with van der Waals surface area (Å²) in [7, 11) is 0. The van der Waals surface area contributed by atoms with Crippen molar-refractivity contribution in [3.63, 3.8) is 0 Å². The molecule has 1 aliphatic carbocycles. The van der Waals surface area contributed by atoms with Crippen molar-refractivity contribution in [2.45, 2.75) is 12.5 Å². The van der Waals surface area contributed by atoms with Gasteiger partial charge in [-0.3, -0.25) is 0 Å². The normalized spacial score (nSPS) is 19.7. The number of nitrogens with zero attached hydrogens (tertiary/aromatic N) is 2. The third-order valence-corrected chi connectivity index (χ3v) is 3.68. The summed E-state index contributed by atoms with van der Waals surface area (Å²) in [5, 5.41) is 18.6. The van der Waals surface area contributed by atoms with E-state index in [1.54, 1.807) is 29.2 Å². The van der Waals surface area contributed by atoms with E-state index in [2.05, 4.69) is 15.7 Å². The number of amides is 2. The average Bonchev–Trinajstić information content (AvgIpc) is 3.18. The van der Waals surface area contributed by atoms with Crippen molar-refractivity contribution in [2.24, 2.45) is 5.92 Å². The molecule has 0 saturated heterocycles. The van der Waals surface area contributed by atoms with E-state index in [1.807, 2.05) is 12.2 Å². The number of aliphatic hydroxyl groups is 1. The first-order chi connectivity index (χ1) is 11.2. The van der Waals surface area contributed by atoms with Gasteiger partial charge in [-0.15, -0.1) is 0 Å². The second kappa shape index (κ2) is 6.62. The average molecular weight is 316 g/mol. The number of hydrogen-bond donors (Lipinski definition) is 3. The number of aliphatic hydroxyl groups excluding tert-OH is 1. The molecule has 3 N–H and O–H groups in total. The first-order valence-electron chi connectivity index (χ1n) is 7.32. The molecule has 1 heterocycles. The number of benzene rings is 1. The van der Waals surface area contributed by atoms with Crippen LogP contribution in [0.2, 0.25) is 0 Å². The standard InChI is InChI=1S/C16H17FN4O2/c17-12-3-5-15(21-7-1-6-18-21)14(9-12)20-16(23)19-13-4-2-11(8-13)10-22/h1-7,9,11,13,22H,8,10H2,(H2,19,20,23)/t11-,13+/m0/s1. The second-order valence-corrected chi connectivity index (χ2v) is 5.38. The van der Waals surface area contributed by atoms with E-state index < -0.39 is 11.8 Å². The lowest BCUT2D eigenvalue weighted by molar-refractivity contribution is 0.238. The van der Waals surface area contributed by atoms with E-state index in [4.69, 9.17) is 5.11 Å². The van der Waals surface area contributed by atoms with Crippen LogP contribution < -0.4 is 10.6 Å². The highest BCUT2D eigenvalue weighted by atomic mass is 19.1. The summed E-state index contributed by atoms with van der Waals surface area (Å²) in [6, 6.07) is 5.27. The monoisotopic (exact) mass is 316 g/mol. The Morgan fingerprint density at radius 3 is 3.00 bits per heavy atom. The molecule has 0 unspecified atom stereocenters. The Morgan fingerprint density at radius 2 is 2.30 bits per heavy atom. The first kappa shape index (κ1) is 15.2. The highest BCUT2D eigenvalue weighted by Crippen LogP contribution is 2.21. The smallest absolute Gasteiger partial charge is 0.319 e. The SMILES string of the molecule is O=C(Nc1cc(F)ccc1-n1cccn1)N[C@@H]1C=C[C@H](CO)C1. The van der Waals surface area contributed by atoms with Crippen molar-refractivity contribution in [2.75, 3.05) is 11.9 Å². The van der Waals surface area contributed by atoms with Crippen LogP contribution in [0.3, 0.4) is 0 Å². The molecule has 2 amide bonds. The number of carbonyl (C=O) groups excluding carboxylic acids is 1. The predicted molar refractivity (Wildman–Crippen MR) is 83.8 cm³/mol. The molecule has 0 fully saturated rings. The zero-order valence-corrected chi connectivity index (χ0v) is 12.3. The van der Waals surface area contributed by atoms with Crippen molar-refractivity contribution in [1.82, 2.24) is 15.1 Å². The van der Waals surface area contributed by atoms with Crippen LogP contribution >= 0.6 is 0 Å². The third-order valence-electron chi connectivity index (χ3n) is 3.68. The molecule has 2 aromatic rings. The molecule has 1 aromatic heterocycles. The second-order valence-electron chi connectivity index (χ2n) is 5.38. The Kier molecular flexibility index (Phi) is 4.38. The molecule has 1 aromatic carbocycles. The molecule has 7 heteroatoms. The van der Waals surface area contributed by atoms with Crippen LogP contribution in [-0.4, -0.2) is 33.6 Å². The Balaban J connectivity index is 1.71. The van der Waals surface area contributed by atoms with Crippen molar-refractivity contribution >= 4 is 11.7 Å². The van der Waals surface area contributed by atoms with E-state index in [9.17, 15) is 9.18 Å². The number of anilines is 1. The molecular formula is C16H17FN4O2. The Hall–Kier alpha value is -2.67. The summed E-state index contributed by atoms with van der Waals surface area (Å²) >= 11 is 0. The quantitative estimate of drug-likeness (QED) is 0.756. The minimum absolute atomic E-state index is 0.0592. The van der Waals surface area contributed by atoms with Gasteiger partial charge in [-0.05, 0) is 30.7 Å². The zero-order valence-electron chi connectivity index (χ0n) is 12.3. The summed E-state index contributed by atoms with van der Waals surface area (Å²) < 4.78 is 15.0. The summed E-state index contributed by atoms with van der Waals surface area (Å²) in [4.78, 5) is 12.1. The van der Waals surface area contributed by atoms with Crippen molar-refractivity contribution < 1.29 is 14.3 Å². The van der Waals surface area contributed by atoms with E-state index >= 15 is 0 Å². The van der Waals surface area contributed by atoms with Gasteiger partial charge in [-0.2, -0.15) is 5.10 Å². The zero-order chi connectivity index (χ0) is 16.2. The predicted octanol–water partition coefficient (Wildman–Crippen LogP) is 2.07. The van der Waals surface area contributed by atoms with Gasteiger partial charge in [0.05, 0.1) is 11.4 Å². The van der Waals surface area contributed by atoms with Crippen molar-refractivity contribution in [1.29, 1.82) is 0 Å². The van der Waals surface area contributed by atoms with E-state index in [-0.39, 0.29) is 18.6 Å². The van der Waals surface area contributed by atoms with Crippen LogP contribution in [-0.2, 0) is 0 Å². The lowest BCUT2D eigenvalue weighted by Gasteiger charge is -2.15. The number of carbonyl (C=O) groups is 1. The van der Waals surface area contributed by atoms with Crippen LogP contribution in [0, 0.1) is 11.7 Å². The maximum absolute atomic E-state index is 13.5. The highest BCUT2D eigenvalue weighted by molar-refractivity contribution is 5.91. The van der Waals surface area contributed by atoms with Gasteiger partial charge < -0.3 is 15.7 Å². The highest BCUT2D eigenvalue weighted by Gasteiger charge is 2.20. The maximum atomic E-state index is 13.5. The van der Waals surface area contributed by atoms with Gasteiger partial charge in [-0.1, -0.05) is 12.2 Å². The lowest BCUT2D eigenvalue weighted by atomic mass is 10.1. The number of nitrogens with one attached hydrogen (secondary N) is 2. The Bertz CT molecular complexity index is 715. The lowest BCUT2D eigenvalue weighted by Crippen LogP contribution is -2.36. The van der Waals surface area contributed by atoms with Crippen molar-refractivity contribution in [3.8, 4) is 5.69 Å². The van der Waals surface area contributed by atoms with Gasteiger partial charge in [0.2, 0.25) is 0 Å². The molecule has 23 heavy (non-hydrogen) atoms.